The number of hydrogen-bond acceptors (Lipinski definition) is 2. The van der Waals surface area contributed by atoms with E-state index in [0.29, 0.717) is 5.92 Å². The van der Waals surface area contributed by atoms with E-state index in [9.17, 15) is 4.79 Å². The van der Waals surface area contributed by atoms with Crippen molar-refractivity contribution in [2.75, 3.05) is 0 Å². The molecule has 1 aliphatic heterocycles. The molecule has 136 valence electrons. The molecule has 3 aliphatic rings. The Hall–Kier alpha value is -2.62. The first-order chi connectivity index (χ1) is 13.2. The van der Waals surface area contributed by atoms with E-state index in [1.165, 1.54) is 54.5 Å². The zero-order valence-electron chi connectivity index (χ0n) is 15.3. The third kappa shape index (κ3) is 2.29. The zero-order valence-corrected chi connectivity index (χ0v) is 15.3. The molecule has 0 atom stereocenters. The van der Waals surface area contributed by atoms with Gasteiger partial charge in [-0.15, -0.1) is 0 Å². The quantitative estimate of drug-likeness (QED) is 0.677. The van der Waals surface area contributed by atoms with Crippen LogP contribution in [0.2, 0.25) is 0 Å². The van der Waals surface area contributed by atoms with Crippen molar-refractivity contribution in [3.05, 3.63) is 53.3 Å². The second-order valence-electron chi connectivity index (χ2n) is 8.47. The van der Waals surface area contributed by atoms with Gasteiger partial charge in [-0.05, 0) is 61.1 Å². The van der Waals surface area contributed by atoms with Crippen LogP contribution in [0.15, 0.2) is 36.5 Å². The van der Waals surface area contributed by atoms with Crippen molar-refractivity contribution >= 4 is 16.9 Å². The van der Waals surface area contributed by atoms with Crippen LogP contribution < -0.4 is 5.32 Å². The van der Waals surface area contributed by atoms with Crippen molar-refractivity contribution < 1.29 is 4.79 Å². The highest BCUT2D eigenvalue weighted by Gasteiger charge is 2.43. The minimum atomic E-state index is -0.149. The molecule has 1 amide bonds. The highest BCUT2D eigenvalue weighted by atomic mass is 16.2. The standard InChI is InChI=1S/C23H23N3O/c27-22-17-7-6-15(12-19(17)23(26-22)10-2-1-3-11-23)18-13-24-21-16(18)8-9-20(25-21)14-4-5-14/h6-9,12-14H,1-5,10-11H2,(H,24,25)(H,26,27). The molecule has 2 fully saturated rings. The summed E-state index contributed by atoms with van der Waals surface area (Å²) in [5, 5.41) is 4.47. The van der Waals surface area contributed by atoms with Gasteiger partial charge in [-0.25, -0.2) is 4.98 Å². The topological polar surface area (TPSA) is 57.8 Å². The third-order valence-electron chi connectivity index (χ3n) is 6.71. The number of H-pyrrole nitrogens is 1. The molecule has 3 heterocycles. The van der Waals surface area contributed by atoms with Gasteiger partial charge in [0.2, 0.25) is 0 Å². The summed E-state index contributed by atoms with van der Waals surface area (Å²) in [7, 11) is 0. The van der Waals surface area contributed by atoms with Gasteiger partial charge in [-0.3, -0.25) is 4.79 Å². The summed E-state index contributed by atoms with van der Waals surface area (Å²) in [6.07, 6.45) is 10.3. The summed E-state index contributed by atoms with van der Waals surface area (Å²) in [5.74, 6) is 0.748. The predicted molar refractivity (Wildman–Crippen MR) is 106 cm³/mol. The Morgan fingerprint density at radius 3 is 2.67 bits per heavy atom. The Morgan fingerprint density at radius 1 is 1.00 bits per heavy atom. The van der Waals surface area contributed by atoms with Crippen LogP contribution in [0, 0.1) is 0 Å². The first kappa shape index (κ1) is 15.4. The van der Waals surface area contributed by atoms with Gasteiger partial charge in [0.1, 0.15) is 5.65 Å². The molecule has 2 N–H and O–H groups in total. The van der Waals surface area contributed by atoms with Crippen LogP contribution in [0.1, 0.15) is 72.5 Å². The van der Waals surface area contributed by atoms with Crippen LogP contribution in [0.3, 0.4) is 0 Å². The van der Waals surface area contributed by atoms with Crippen LogP contribution >= 0.6 is 0 Å². The SMILES string of the molecule is O=C1NC2(CCCCC2)c2cc(-c3c[nH]c4nc(C5CC5)ccc34)ccc21. The molecule has 4 heteroatoms. The van der Waals surface area contributed by atoms with Crippen molar-refractivity contribution in [1.82, 2.24) is 15.3 Å². The first-order valence-electron chi connectivity index (χ1n) is 10.2. The number of carbonyl (C=O) groups excluding carboxylic acids is 1. The van der Waals surface area contributed by atoms with E-state index in [2.05, 4.69) is 40.8 Å². The maximum Gasteiger partial charge on any atom is 0.252 e. The van der Waals surface area contributed by atoms with Crippen LogP contribution in [-0.2, 0) is 5.54 Å². The highest BCUT2D eigenvalue weighted by Crippen LogP contribution is 2.44. The number of carbonyl (C=O) groups is 1. The van der Waals surface area contributed by atoms with Gasteiger partial charge in [-0.2, -0.15) is 0 Å². The number of nitrogens with zero attached hydrogens (tertiary/aromatic N) is 1. The third-order valence-corrected chi connectivity index (χ3v) is 6.71. The van der Waals surface area contributed by atoms with Crippen LogP contribution in [0.4, 0.5) is 0 Å². The average molecular weight is 357 g/mol. The number of aromatic amines is 1. The molecule has 2 saturated carbocycles. The molecule has 0 bridgehead atoms. The smallest absolute Gasteiger partial charge is 0.252 e. The Bertz CT molecular complexity index is 1070. The van der Waals surface area contributed by atoms with Crippen LogP contribution in [0.25, 0.3) is 22.2 Å². The van der Waals surface area contributed by atoms with Gasteiger partial charge < -0.3 is 10.3 Å². The molecule has 2 aromatic heterocycles. The van der Waals surface area contributed by atoms with E-state index in [-0.39, 0.29) is 11.4 Å². The Labute approximate surface area is 158 Å². The van der Waals surface area contributed by atoms with E-state index < -0.39 is 0 Å². The molecule has 4 nitrogen and oxygen atoms in total. The van der Waals surface area contributed by atoms with E-state index in [1.807, 2.05) is 6.07 Å². The van der Waals surface area contributed by atoms with Crippen molar-refractivity contribution in [3.8, 4) is 11.1 Å². The lowest BCUT2D eigenvalue weighted by Gasteiger charge is -2.34. The number of fused-ring (bicyclic) bond motifs is 3. The zero-order chi connectivity index (χ0) is 18.0. The van der Waals surface area contributed by atoms with Gasteiger partial charge in [0, 0.05) is 34.3 Å². The normalized spacial score (nSPS) is 20.8. The van der Waals surface area contributed by atoms with Crippen LogP contribution in [0.5, 0.6) is 0 Å². The number of amides is 1. The maximum atomic E-state index is 12.5. The molecule has 27 heavy (non-hydrogen) atoms. The lowest BCUT2D eigenvalue weighted by Crippen LogP contribution is -2.40. The lowest BCUT2D eigenvalue weighted by atomic mass is 9.77. The number of benzene rings is 1. The van der Waals surface area contributed by atoms with Crippen molar-refractivity contribution in [1.29, 1.82) is 0 Å². The number of rotatable bonds is 2. The molecule has 6 rings (SSSR count). The summed E-state index contributed by atoms with van der Waals surface area (Å²) < 4.78 is 0. The highest BCUT2D eigenvalue weighted by molar-refractivity contribution is 6.01. The first-order valence-corrected chi connectivity index (χ1v) is 10.2. The van der Waals surface area contributed by atoms with Gasteiger partial charge in [0.25, 0.3) is 5.91 Å². The largest absolute Gasteiger partial charge is 0.346 e. The number of nitrogens with one attached hydrogen (secondary N) is 2. The summed E-state index contributed by atoms with van der Waals surface area (Å²) in [4.78, 5) is 20.7. The Balaban J connectivity index is 1.46. The summed E-state index contributed by atoms with van der Waals surface area (Å²) in [6.45, 7) is 0. The molecule has 1 spiro atoms. The fourth-order valence-corrected chi connectivity index (χ4v) is 5.07. The fourth-order valence-electron chi connectivity index (χ4n) is 5.07. The maximum absolute atomic E-state index is 12.5. The Morgan fingerprint density at radius 2 is 1.85 bits per heavy atom. The summed E-state index contributed by atoms with van der Waals surface area (Å²) >= 11 is 0. The minimum absolute atomic E-state index is 0.0909. The van der Waals surface area contributed by atoms with Crippen molar-refractivity contribution in [2.24, 2.45) is 0 Å². The van der Waals surface area contributed by atoms with Gasteiger partial charge >= 0.3 is 0 Å². The monoisotopic (exact) mass is 357 g/mol. The molecule has 2 aliphatic carbocycles. The fraction of sp³-hybridized carbons (Fsp3) is 0.391. The molecule has 0 radical (unpaired) electrons. The van der Waals surface area contributed by atoms with Crippen molar-refractivity contribution in [3.63, 3.8) is 0 Å². The molecule has 3 aromatic rings. The molecule has 0 unspecified atom stereocenters. The van der Waals surface area contributed by atoms with Gasteiger partial charge in [-0.1, -0.05) is 25.3 Å². The number of aromatic nitrogens is 2. The molecule has 0 saturated heterocycles. The molecular weight excluding hydrogens is 334 g/mol. The predicted octanol–water partition coefficient (Wildman–Crippen LogP) is 5.01. The molecule has 1 aromatic carbocycles. The second kappa shape index (κ2) is 5.44. The number of hydrogen-bond donors (Lipinski definition) is 2. The van der Waals surface area contributed by atoms with E-state index in [0.717, 1.165) is 29.4 Å². The summed E-state index contributed by atoms with van der Waals surface area (Å²) in [5.41, 5.74) is 6.42. The van der Waals surface area contributed by atoms with E-state index >= 15 is 0 Å². The average Bonchev–Trinajstić information content (AvgIpc) is 3.42. The second-order valence-corrected chi connectivity index (χ2v) is 8.47. The lowest BCUT2D eigenvalue weighted by molar-refractivity contribution is 0.0909. The van der Waals surface area contributed by atoms with E-state index in [4.69, 9.17) is 4.98 Å². The number of pyridine rings is 1. The Kier molecular flexibility index (Phi) is 3.11. The van der Waals surface area contributed by atoms with Crippen LogP contribution in [-0.4, -0.2) is 15.9 Å². The summed E-state index contributed by atoms with van der Waals surface area (Å²) in [6, 6.07) is 10.7. The van der Waals surface area contributed by atoms with Gasteiger partial charge in [0.15, 0.2) is 0 Å². The molecular formula is C23H23N3O. The van der Waals surface area contributed by atoms with Crippen molar-refractivity contribution in [2.45, 2.75) is 56.4 Å². The minimum Gasteiger partial charge on any atom is -0.346 e. The van der Waals surface area contributed by atoms with E-state index in [1.54, 1.807) is 0 Å². The van der Waals surface area contributed by atoms with Gasteiger partial charge in [0.05, 0.1) is 5.54 Å².